The van der Waals surface area contributed by atoms with Crippen LogP contribution in [-0.2, 0) is 13.0 Å². The molecular formula is C15H22N2. The van der Waals surface area contributed by atoms with Crippen LogP contribution in [0, 0.1) is 5.92 Å². The Kier molecular flexibility index (Phi) is 2.72. The van der Waals surface area contributed by atoms with E-state index in [0.29, 0.717) is 5.54 Å². The molecule has 0 amide bonds. The minimum absolute atomic E-state index is 0.312. The molecule has 0 atom stereocenters. The number of nitrogens with zero attached hydrogens (tertiary/aromatic N) is 1. The van der Waals surface area contributed by atoms with Crippen molar-refractivity contribution in [2.75, 3.05) is 13.1 Å². The van der Waals surface area contributed by atoms with Gasteiger partial charge in [-0.25, -0.2) is 0 Å². The molecule has 3 rings (SSSR count). The Bertz CT molecular complexity index is 407. The maximum atomic E-state index is 6.04. The summed E-state index contributed by atoms with van der Waals surface area (Å²) in [5.41, 5.74) is 9.39. The zero-order valence-electron chi connectivity index (χ0n) is 10.7. The third-order valence-corrected chi connectivity index (χ3v) is 4.64. The van der Waals surface area contributed by atoms with Gasteiger partial charge in [-0.05, 0) is 36.3 Å². The summed E-state index contributed by atoms with van der Waals surface area (Å²) in [6.07, 6.45) is 3.75. The quantitative estimate of drug-likeness (QED) is 0.843. The summed E-state index contributed by atoms with van der Waals surface area (Å²) >= 11 is 0. The molecule has 0 spiro atoms. The minimum Gasteiger partial charge on any atom is -0.329 e. The maximum absolute atomic E-state index is 6.04. The van der Waals surface area contributed by atoms with Gasteiger partial charge in [0.1, 0.15) is 0 Å². The Morgan fingerprint density at radius 3 is 2.65 bits per heavy atom. The smallest absolute Gasteiger partial charge is 0.0340 e. The van der Waals surface area contributed by atoms with Crippen molar-refractivity contribution in [2.45, 2.75) is 38.3 Å². The molecule has 0 saturated heterocycles. The Labute approximate surface area is 104 Å². The molecule has 0 aromatic heterocycles. The van der Waals surface area contributed by atoms with Crippen LogP contribution in [0.3, 0.4) is 0 Å². The van der Waals surface area contributed by atoms with Crippen LogP contribution in [0.2, 0.25) is 0 Å². The first-order chi connectivity index (χ1) is 8.23. The standard InChI is InChI=1S/C15H22N2/c1-12-8-15(9-12,11-16)17-7-6-13-4-2-3-5-14(13)10-17/h2-5,12H,6-11,16H2,1H3. The van der Waals surface area contributed by atoms with Gasteiger partial charge in [0.2, 0.25) is 0 Å². The van der Waals surface area contributed by atoms with Crippen molar-refractivity contribution < 1.29 is 0 Å². The molecule has 1 aliphatic heterocycles. The van der Waals surface area contributed by atoms with E-state index in [1.807, 2.05) is 0 Å². The van der Waals surface area contributed by atoms with Crippen molar-refractivity contribution in [3.63, 3.8) is 0 Å². The lowest BCUT2D eigenvalue weighted by atomic mass is 9.67. The fourth-order valence-electron chi connectivity index (χ4n) is 3.69. The van der Waals surface area contributed by atoms with Gasteiger partial charge in [-0.2, -0.15) is 0 Å². The van der Waals surface area contributed by atoms with E-state index in [9.17, 15) is 0 Å². The lowest BCUT2D eigenvalue weighted by molar-refractivity contribution is -0.0220. The second-order valence-electron chi connectivity index (χ2n) is 5.88. The normalized spacial score (nSPS) is 32.9. The first kappa shape index (κ1) is 11.2. The van der Waals surface area contributed by atoms with Crippen LogP contribution in [-0.4, -0.2) is 23.5 Å². The van der Waals surface area contributed by atoms with E-state index in [0.717, 1.165) is 19.0 Å². The van der Waals surface area contributed by atoms with E-state index in [2.05, 4.69) is 36.1 Å². The van der Waals surface area contributed by atoms with Crippen LogP contribution in [0.4, 0.5) is 0 Å². The lowest BCUT2D eigenvalue weighted by Gasteiger charge is -2.54. The van der Waals surface area contributed by atoms with Crippen molar-refractivity contribution in [2.24, 2.45) is 11.7 Å². The molecule has 0 unspecified atom stereocenters. The van der Waals surface area contributed by atoms with Gasteiger partial charge in [0.15, 0.2) is 0 Å². The third kappa shape index (κ3) is 1.80. The molecule has 92 valence electrons. The van der Waals surface area contributed by atoms with E-state index in [4.69, 9.17) is 5.73 Å². The van der Waals surface area contributed by atoms with Crippen LogP contribution >= 0.6 is 0 Å². The minimum atomic E-state index is 0.312. The molecule has 1 saturated carbocycles. The summed E-state index contributed by atoms with van der Waals surface area (Å²) in [5, 5.41) is 0. The van der Waals surface area contributed by atoms with Gasteiger partial charge in [0.05, 0.1) is 0 Å². The van der Waals surface area contributed by atoms with Crippen molar-refractivity contribution in [3.05, 3.63) is 35.4 Å². The third-order valence-electron chi connectivity index (χ3n) is 4.64. The molecule has 1 aromatic carbocycles. The average molecular weight is 230 g/mol. The lowest BCUT2D eigenvalue weighted by Crippen LogP contribution is -2.62. The predicted octanol–water partition coefficient (Wildman–Crippen LogP) is 2.17. The highest BCUT2D eigenvalue weighted by molar-refractivity contribution is 5.30. The number of hydrogen-bond acceptors (Lipinski definition) is 2. The number of benzene rings is 1. The largest absolute Gasteiger partial charge is 0.329 e. The summed E-state index contributed by atoms with van der Waals surface area (Å²) in [7, 11) is 0. The van der Waals surface area contributed by atoms with E-state index in [-0.39, 0.29) is 0 Å². The zero-order valence-corrected chi connectivity index (χ0v) is 10.7. The van der Waals surface area contributed by atoms with Crippen LogP contribution in [0.5, 0.6) is 0 Å². The highest BCUT2D eigenvalue weighted by Crippen LogP contribution is 2.43. The zero-order chi connectivity index (χ0) is 11.9. The van der Waals surface area contributed by atoms with E-state index >= 15 is 0 Å². The van der Waals surface area contributed by atoms with E-state index in [1.54, 1.807) is 0 Å². The van der Waals surface area contributed by atoms with Gasteiger partial charge in [0, 0.05) is 25.2 Å². The van der Waals surface area contributed by atoms with E-state index in [1.165, 1.54) is 36.9 Å². The molecule has 2 N–H and O–H groups in total. The Hall–Kier alpha value is -0.860. The van der Waals surface area contributed by atoms with Crippen LogP contribution in [0.25, 0.3) is 0 Å². The summed E-state index contributed by atoms with van der Waals surface area (Å²) < 4.78 is 0. The Morgan fingerprint density at radius 2 is 2.00 bits per heavy atom. The number of fused-ring (bicyclic) bond motifs is 1. The van der Waals surface area contributed by atoms with Gasteiger partial charge in [-0.15, -0.1) is 0 Å². The van der Waals surface area contributed by atoms with Gasteiger partial charge < -0.3 is 5.73 Å². The fourth-order valence-corrected chi connectivity index (χ4v) is 3.69. The molecule has 2 aliphatic rings. The van der Waals surface area contributed by atoms with Crippen LogP contribution in [0.1, 0.15) is 30.9 Å². The molecule has 2 heteroatoms. The molecule has 2 nitrogen and oxygen atoms in total. The van der Waals surface area contributed by atoms with Crippen molar-refractivity contribution >= 4 is 0 Å². The highest BCUT2D eigenvalue weighted by Gasteiger charge is 2.45. The molecule has 1 aromatic rings. The molecule has 1 heterocycles. The molecule has 1 aliphatic carbocycles. The summed E-state index contributed by atoms with van der Waals surface area (Å²) in [4.78, 5) is 2.63. The predicted molar refractivity (Wildman–Crippen MR) is 70.7 cm³/mol. The number of rotatable bonds is 2. The summed E-state index contributed by atoms with van der Waals surface area (Å²) in [5.74, 6) is 0.857. The first-order valence-electron chi connectivity index (χ1n) is 6.75. The highest BCUT2D eigenvalue weighted by atomic mass is 15.2. The number of nitrogens with two attached hydrogens (primary N) is 1. The molecule has 0 radical (unpaired) electrons. The SMILES string of the molecule is CC1CC(CN)(N2CCc3ccccc3C2)C1. The summed E-state index contributed by atoms with van der Waals surface area (Å²) in [6.45, 7) is 5.44. The summed E-state index contributed by atoms with van der Waals surface area (Å²) in [6, 6.07) is 8.85. The van der Waals surface area contributed by atoms with Crippen molar-refractivity contribution in [1.82, 2.24) is 4.90 Å². The monoisotopic (exact) mass is 230 g/mol. The van der Waals surface area contributed by atoms with Crippen LogP contribution in [0.15, 0.2) is 24.3 Å². The van der Waals surface area contributed by atoms with Crippen LogP contribution < -0.4 is 5.73 Å². The first-order valence-corrected chi connectivity index (χ1v) is 6.75. The molecule has 0 bridgehead atoms. The Morgan fingerprint density at radius 1 is 1.29 bits per heavy atom. The second-order valence-corrected chi connectivity index (χ2v) is 5.88. The Balaban J connectivity index is 1.80. The average Bonchev–Trinajstić information content (AvgIpc) is 2.34. The van der Waals surface area contributed by atoms with Gasteiger partial charge in [-0.3, -0.25) is 4.90 Å². The van der Waals surface area contributed by atoms with Crippen molar-refractivity contribution in [3.8, 4) is 0 Å². The molecular weight excluding hydrogens is 208 g/mol. The van der Waals surface area contributed by atoms with E-state index < -0.39 is 0 Å². The maximum Gasteiger partial charge on any atom is 0.0340 e. The second kappa shape index (κ2) is 4.11. The van der Waals surface area contributed by atoms with Crippen molar-refractivity contribution in [1.29, 1.82) is 0 Å². The topological polar surface area (TPSA) is 29.3 Å². The number of hydrogen-bond donors (Lipinski definition) is 1. The molecule has 17 heavy (non-hydrogen) atoms. The van der Waals surface area contributed by atoms with Gasteiger partial charge in [0.25, 0.3) is 0 Å². The van der Waals surface area contributed by atoms with Gasteiger partial charge in [-0.1, -0.05) is 31.2 Å². The molecule has 1 fully saturated rings. The van der Waals surface area contributed by atoms with Gasteiger partial charge >= 0.3 is 0 Å². The fraction of sp³-hybridized carbons (Fsp3) is 0.600.